The maximum Gasteiger partial charge on any atom is 0.267 e. The van der Waals surface area contributed by atoms with E-state index in [0.29, 0.717) is 15.9 Å². The second-order valence-electron chi connectivity index (χ2n) is 6.04. The van der Waals surface area contributed by atoms with Crippen molar-refractivity contribution in [2.24, 2.45) is 0 Å². The van der Waals surface area contributed by atoms with Gasteiger partial charge in [-0.25, -0.2) is 9.67 Å². The van der Waals surface area contributed by atoms with Crippen molar-refractivity contribution < 1.29 is 0 Å². The number of para-hydroxylation sites is 2. The van der Waals surface area contributed by atoms with Crippen LogP contribution in [-0.2, 0) is 0 Å². The molecule has 6 heteroatoms. The van der Waals surface area contributed by atoms with Crippen LogP contribution in [0.4, 0.5) is 0 Å². The van der Waals surface area contributed by atoms with Crippen LogP contribution in [0.3, 0.4) is 0 Å². The minimum Gasteiger partial charge on any atom is -0.268 e. The number of nitrogens with zero attached hydrogens (tertiary/aromatic N) is 3. The van der Waals surface area contributed by atoms with Gasteiger partial charge in [-0.3, -0.25) is 9.20 Å². The summed E-state index contributed by atoms with van der Waals surface area (Å²) in [7, 11) is 0. The second kappa shape index (κ2) is 5.42. The fraction of sp³-hybridized carbons (Fsp3) is 0.167. The molecule has 0 aliphatic rings. The molecule has 2 heterocycles. The molecule has 5 nitrogen and oxygen atoms in total. The molecule has 0 aliphatic heterocycles. The van der Waals surface area contributed by atoms with Gasteiger partial charge in [0.15, 0.2) is 0 Å². The molecule has 1 N–H and O–H groups in total. The molecule has 2 aromatic heterocycles. The van der Waals surface area contributed by atoms with Gasteiger partial charge < -0.3 is 0 Å². The molecule has 0 bridgehead atoms. The van der Waals surface area contributed by atoms with E-state index in [0.717, 1.165) is 16.8 Å². The Hall–Kier alpha value is -2.73. The van der Waals surface area contributed by atoms with Gasteiger partial charge in [-0.2, -0.15) is 0 Å². The summed E-state index contributed by atoms with van der Waals surface area (Å²) >= 11 is 5.38. The second-order valence-corrected chi connectivity index (χ2v) is 6.42. The van der Waals surface area contributed by atoms with Crippen LogP contribution >= 0.6 is 12.2 Å². The minimum absolute atomic E-state index is 0.0970. The van der Waals surface area contributed by atoms with E-state index in [1.54, 1.807) is 4.57 Å². The lowest BCUT2D eigenvalue weighted by Crippen LogP contribution is -2.23. The molecule has 2 aromatic carbocycles. The number of fused-ring (bicyclic) bond motifs is 3. The Labute approximate surface area is 143 Å². The lowest BCUT2D eigenvalue weighted by Gasteiger charge is -2.16. The first kappa shape index (κ1) is 14.8. The minimum atomic E-state index is -0.0970. The van der Waals surface area contributed by atoms with Gasteiger partial charge in [0.1, 0.15) is 0 Å². The van der Waals surface area contributed by atoms with E-state index in [1.807, 2.05) is 52.9 Å². The van der Waals surface area contributed by atoms with E-state index in [-0.39, 0.29) is 11.5 Å². The highest BCUT2D eigenvalue weighted by Crippen LogP contribution is 2.24. The molecule has 0 radical (unpaired) electrons. The van der Waals surface area contributed by atoms with Gasteiger partial charge in [0, 0.05) is 0 Å². The van der Waals surface area contributed by atoms with E-state index < -0.39 is 0 Å². The van der Waals surface area contributed by atoms with Gasteiger partial charge in [-0.1, -0.05) is 44.2 Å². The molecule has 0 saturated carbocycles. The molecule has 4 aromatic rings. The third kappa shape index (κ3) is 2.03. The number of hydrogen-bond acceptors (Lipinski definition) is 3. The number of hydrogen-bond donors (Lipinski definition) is 1. The lowest BCUT2D eigenvalue weighted by atomic mass is 10.0. The molecule has 24 heavy (non-hydrogen) atoms. The van der Waals surface area contributed by atoms with Gasteiger partial charge in [-0.15, -0.1) is 5.10 Å². The molecular formula is C18H16N4OS. The van der Waals surface area contributed by atoms with E-state index >= 15 is 0 Å². The van der Waals surface area contributed by atoms with Gasteiger partial charge in [0.05, 0.1) is 16.6 Å². The Kier molecular flexibility index (Phi) is 3.35. The largest absolute Gasteiger partial charge is 0.268 e. The number of nitrogens with one attached hydrogen (secondary N) is 1. The van der Waals surface area contributed by atoms with Crippen molar-refractivity contribution in [3.8, 4) is 5.69 Å². The Bertz CT molecular complexity index is 1180. The van der Waals surface area contributed by atoms with Gasteiger partial charge in [0.25, 0.3) is 5.56 Å². The first-order valence-electron chi connectivity index (χ1n) is 7.80. The quantitative estimate of drug-likeness (QED) is 0.566. The molecule has 0 atom stereocenters. The first-order chi connectivity index (χ1) is 11.6. The summed E-state index contributed by atoms with van der Waals surface area (Å²) in [6.07, 6.45) is 0. The standard InChI is InChI=1S/C18H16N4OS/c1-11(2)12-7-3-5-9-14(12)21-16(23)13-8-4-6-10-15(13)22-17(21)19-20-18(22)24/h3-11H,1-2H3,(H,20,24). The average Bonchev–Trinajstić information content (AvgIpc) is 2.97. The lowest BCUT2D eigenvalue weighted by molar-refractivity contribution is 0.838. The van der Waals surface area contributed by atoms with E-state index in [1.165, 1.54) is 0 Å². The third-order valence-electron chi connectivity index (χ3n) is 4.23. The monoisotopic (exact) mass is 336 g/mol. The van der Waals surface area contributed by atoms with Crippen LogP contribution < -0.4 is 5.56 Å². The number of aromatic nitrogens is 4. The number of H-pyrrole nitrogens is 1. The van der Waals surface area contributed by atoms with Crippen LogP contribution in [-0.4, -0.2) is 19.2 Å². The van der Waals surface area contributed by atoms with Gasteiger partial charge in [0.2, 0.25) is 10.5 Å². The van der Waals surface area contributed by atoms with Gasteiger partial charge >= 0.3 is 0 Å². The zero-order valence-electron chi connectivity index (χ0n) is 13.4. The topological polar surface area (TPSA) is 55.1 Å². The fourth-order valence-corrected chi connectivity index (χ4v) is 3.34. The predicted octanol–water partition coefficient (Wildman–Crippen LogP) is 3.82. The highest BCUT2D eigenvalue weighted by molar-refractivity contribution is 7.71. The Morgan fingerprint density at radius 3 is 2.58 bits per heavy atom. The number of aromatic amines is 1. The number of rotatable bonds is 2. The summed E-state index contributed by atoms with van der Waals surface area (Å²) in [5, 5.41) is 7.74. The highest BCUT2D eigenvalue weighted by atomic mass is 32.1. The SMILES string of the molecule is CC(C)c1ccccc1-n1c(=O)c2ccccc2n2c(=S)[nH]nc12. The summed E-state index contributed by atoms with van der Waals surface area (Å²) in [6, 6.07) is 15.4. The van der Waals surface area contributed by atoms with E-state index in [2.05, 4.69) is 24.0 Å². The number of benzene rings is 2. The maximum atomic E-state index is 13.2. The summed E-state index contributed by atoms with van der Waals surface area (Å²) < 4.78 is 3.92. The normalized spacial score (nSPS) is 11.6. The molecular weight excluding hydrogens is 320 g/mol. The van der Waals surface area contributed by atoms with E-state index in [9.17, 15) is 4.79 Å². The van der Waals surface area contributed by atoms with Crippen molar-refractivity contribution in [3.63, 3.8) is 0 Å². The fourth-order valence-electron chi connectivity index (χ4n) is 3.11. The van der Waals surface area contributed by atoms with Crippen LogP contribution in [0.2, 0.25) is 0 Å². The summed E-state index contributed by atoms with van der Waals surface area (Å²) in [4.78, 5) is 13.2. The molecule has 120 valence electrons. The maximum absolute atomic E-state index is 13.2. The summed E-state index contributed by atoms with van der Waals surface area (Å²) in [5.41, 5.74) is 2.59. The van der Waals surface area contributed by atoms with Crippen LogP contribution in [0.25, 0.3) is 22.4 Å². The van der Waals surface area contributed by atoms with E-state index in [4.69, 9.17) is 12.2 Å². The molecule has 0 fully saturated rings. The van der Waals surface area contributed by atoms with Crippen molar-refractivity contribution in [2.45, 2.75) is 19.8 Å². The molecule has 4 rings (SSSR count). The van der Waals surface area contributed by atoms with Crippen LogP contribution in [0, 0.1) is 4.77 Å². The first-order valence-corrected chi connectivity index (χ1v) is 8.20. The molecule has 0 amide bonds. The zero-order chi connectivity index (χ0) is 16.8. The highest BCUT2D eigenvalue weighted by Gasteiger charge is 2.17. The third-order valence-corrected chi connectivity index (χ3v) is 4.51. The van der Waals surface area contributed by atoms with Crippen molar-refractivity contribution in [3.05, 3.63) is 69.2 Å². The van der Waals surface area contributed by atoms with Crippen molar-refractivity contribution in [1.82, 2.24) is 19.2 Å². The molecule has 0 unspecified atom stereocenters. The Morgan fingerprint density at radius 2 is 1.79 bits per heavy atom. The van der Waals surface area contributed by atoms with Crippen molar-refractivity contribution >= 4 is 28.9 Å². The Morgan fingerprint density at radius 1 is 1.08 bits per heavy atom. The molecule has 0 spiro atoms. The van der Waals surface area contributed by atoms with Crippen molar-refractivity contribution in [2.75, 3.05) is 0 Å². The van der Waals surface area contributed by atoms with Crippen molar-refractivity contribution in [1.29, 1.82) is 0 Å². The van der Waals surface area contributed by atoms with Crippen LogP contribution in [0.5, 0.6) is 0 Å². The Balaban J connectivity index is 2.27. The predicted molar refractivity (Wildman–Crippen MR) is 97.6 cm³/mol. The van der Waals surface area contributed by atoms with Gasteiger partial charge in [-0.05, 0) is 41.9 Å². The van der Waals surface area contributed by atoms with Crippen LogP contribution in [0.1, 0.15) is 25.3 Å². The average molecular weight is 336 g/mol. The zero-order valence-corrected chi connectivity index (χ0v) is 14.2. The molecule has 0 aliphatic carbocycles. The molecule has 0 saturated heterocycles. The smallest absolute Gasteiger partial charge is 0.267 e. The van der Waals surface area contributed by atoms with Crippen LogP contribution in [0.15, 0.2) is 53.3 Å². The summed E-state index contributed by atoms with van der Waals surface area (Å²) in [5.74, 6) is 0.776. The summed E-state index contributed by atoms with van der Waals surface area (Å²) in [6.45, 7) is 4.22.